The summed E-state index contributed by atoms with van der Waals surface area (Å²) in [4.78, 5) is 29.7. The van der Waals surface area contributed by atoms with Gasteiger partial charge in [-0.05, 0) is 24.0 Å². The molecule has 5 nitrogen and oxygen atoms in total. The highest BCUT2D eigenvalue weighted by Crippen LogP contribution is 2.26. The normalized spacial score (nSPS) is 23.5. The van der Waals surface area contributed by atoms with E-state index in [1.54, 1.807) is 4.90 Å². The van der Waals surface area contributed by atoms with Crippen molar-refractivity contribution in [3.63, 3.8) is 0 Å². The Balaban J connectivity index is 1.84. The summed E-state index contributed by atoms with van der Waals surface area (Å²) in [6.45, 7) is 8.36. The number of carbonyl (C=O) groups excluding carboxylic acids is 2. The number of amides is 2. The SMILES string of the molecule is CC(C)CC(=O)N1Cc2ccccc2C[C@@H]1C(=O)N1CCO[C@H](C)C1. The molecule has 0 unspecified atom stereocenters. The lowest BCUT2D eigenvalue weighted by molar-refractivity contribution is -0.151. The standard InChI is InChI=1S/C20H28N2O3/c1-14(2)10-19(23)22-13-17-7-5-4-6-16(17)11-18(22)20(24)21-8-9-25-15(3)12-21/h4-7,14-15,18H,8-13H2,1-3H3/t15-,18-/m1/s1. The molecule has 1 fully saturated rings. The summed E-state index contributed by atoms with van der Waals surface area (Å²) >= 11 is 0. The highest BCUT2D eigenvalue weighted by Gasteiger charge is 2.37. The first-order valence-electron chi connectivity index (χ1n) is 9.22. The molecule has 0 saturated carbocycles. The maximum Gasteiger partial charge on any atom is 0.245 e. The Hall–Kier alpha value is -1.88. The van der Waals surface area contributed by atoms with E-state index in [1.165, 1.54) is 5.56 Å². The smallest absolute Gasteiger partial charge is 0.245 e. The van der Waals surface area contributed by atoms with Crippen LogP contribution in [0.2, 0.25) is 0 Å². The Morgan fingerprint density at radius 1 is 1.24 bits per heavy atom. The van der Waals surface area contributed by atoms with E-state index in [1.807, 2.05) is 37.8 Å². The number of morpholine rings is 1. The lowest BCUT2D eigenvalue weighted by Crippen LogP contribution is -2.56. The Labute approximate surface area is 149 Å². The second-order valence-corrected chi connectivity index (χ2v) is 7.57. The minimum absolute atomic E-state index is 0.0494. The van der Waals surface area contributed by atoms with Gasteiger partial charge in [0.1, 0.15) is 6.04 Å². The second-order valence-electron chi connectivity index (χ2n) is 7.57. The minimum Gasteiger partial charge on any atom is -0.375 e. The van der Waals surface area contributed by atoms with E-state index in [0.29, 0.717) is 39.1 Å². The summed E-state index contributed by atoms with van der Waals surface area (Å²) in [6.07, 6.45) is 1.13. The van der Waals surface area contributed by atoms with Crippen molar-refractivity contribution in [2.24, 2.45) is 5.92 Å². The number of rotatable bonds is 3. The van der Waals surface area contributed by atoms with E-state index in [2.05, 4.69) is 12.1 Å². The highest BCUT2D eigenvalue weighted by atomic mass is 16.5. The van der Waals surface area contributed by atoms with Crippen molar-refractivity contribution in [1.82, 2.24) is 9.80 Å². The van der Waals surface area contributed by atoms with Crippen LogP contribution in [-0.4, -0.2) is 53.5 Å². The van der Waals surface area contributed by atoms with E-state index in [-0.39, 0.29) is 23.8 Å². The maximum absolute atomic E-state index is 13.2. The third-order valence-electron chi connectivity index (χ3n) is 4.99. The molecule has 0 aromatic heterocycles. The van der Waals surface area contributed by atoms with Crippen LogP contribution >= 0.6 is 0 Å². The monoisotopic (exact) mass is 344 g/mol. The predicted octanol–water partition coefficient (Wildman–Crippen LogP) is 2.23. The summed E-state index contributed by atoms with van der Waals surface area (Å²) in [5.74, 6) is 0.412. The van der Waals surface area contributed by atoms with Crippen LogP contribution in [0.25, 0.3) is 0 Å². The molecule has 3 rings (SSSR count). The predicted molar refractivity (Wildman–Crippen MR) is 95.9 cm³/mol. The Kier molecular flexibility index (Phi) is 5.42. The highest BCUT2D eigenvalue weighted by molar-refractivity contribution is 5.88. The van der Waals surface area contributed by atoms with Gasteiger partial charge >= 0.3 is 0 Å². The fourth-order valence-corrected chi connectivity index (χ4v) is 3.70. The number of hydrogen-bond donors (Lipinski definition) is 0. The van der Waals surface area contributed by atoms with Gasteiger partial charge in [-0.15, -0.1) is 0 Å². The molecule has 2 aliphatic heterocycles. The molecule has 0 spiro atoms. The summed E-state index contributed by atoms with van der Waals surface area (Å²) in [5.41, 5.74) is 2.33. The summed E-state index contributed by atoms with van der Waals surface area (Å²) in [7, 11) is 0. The fraction of sp³-hybridized carbons (Fsp3) is 0.600. The molecule has 2 heterocycles. The van der Waals surface area contributed by atoms with E-state index < -0.39 is 6.04 Å². The zero-order chi connectivity index (χ0) is 18.0. The number of hydrogen-bond acceptors (Lipinski definition) is 3. The number of fused-ring (bicyclic) bond motifs is 1. The summed E-state index contributed by atoms with van der Waals surface area (Å²) < 4.78 is 5.55. The molecule has 1 saturated heterocycles. The van der Waals surface area contributed by atoms with Gasteiger partial charge in [0.25, 0.3) is 0 Å². The quantitative estimate of drug-likeness (QED) is 0.845. The van der Waals surface area contributed by atoms with Crippen molar-refractivity contribution in [2.75, 3.05) is 19.7 Å². The van der Waals surface area contributed by atoms with E-state index in [9.17, 15) is 9.59 Å². The first-order valence-corrected chi connectivity index (χ1v) is 9.22. The molecule has 0 aliphatic carbocycles. The van der Waals surface area contributed by atoms with Gasteiger partial charge in [-0.1, -0.05) is 38.1 Å². The molecule has 1 aromatic carbocycles. The number of benzene rings is 1. The molecule has 0 radical (unpaired) electrons. The van der Waals surface area contributed by atoms with E-state index in [0.717, 1.165) is 5.56 Å². The zero-order valence-electron chi connectivity index (χ0n) is 15.4. The van der Waals surface area contributed by atoms with Gasteiger partial charge in [-0.2, -0.15) is 0 Å². The molecule has 5 heteroatoms. The molecule has 2 amide bonds. The topological polar surface area (TPSA) is 49.9 Å². The number of nitrogens with zero attached hydrogens (tertiary/aromatic N) is 2. The van der Waals surface area contributed by atoms with Gasteiger partial charge < -0.3 is 14.5 Å². The lowest BCUT2D eigenvalue weighted by Gasteiger charge is -2.40. The van der Waals surface area contributed by atoms with Crippen LogP contribution in [0, 0.1) is 5.92 Å². The van der Waals surface area contributed by atoms with Crippen LogP contribution in [0.3, 0.4) is 0 Å². The molecule has 136 valence electrons. The van der Waals surface area contributed by atoms with Crippen LogP contribution in [0.15, 0.2) is 24.3 Å². The van der Waals surface area contributed by atoms with Crippen LogP contribution in [0.4, 0.5) is 0 Å². The van der Waals surface area contributed by atoms with Crippen LogP contribution in [0.1, 0.15) is 38.3 Å². The summed E-state index contributed by atoms with van der Waals surface area (Å²) in [5, 5.41) is 0. The van der Waals surface area contributed by atoms with Gasteiger partial charge in [0.2, 0.25) is 11.8 Å². The molecular weight excluding hydrogens is 316 g/mol. The van der Waals surface area contributed by atoms with Gasteiger partial charge in [0.15, 0.2) is 0 Å². The second kappa shape index (κ2) is 7.56. The number of ether oxygens (including phenoxy) is 1. The molecular formula is C20H28N2O3. The van der Waals surface area contributed by atoms with E-state index in [4.69, 9.17) is 4.74 Å². The maximum atomic E-state index is 13.2. The first-order chi connectivity index (χ1) is 12.0. The van der Waals surface area contributed by atoms with Crippen molar-refractivity contribution >= 4 is 11.8 Å². The van der Waals surface area contributed by atoms with Crippen molar-refractivity contribution in [3.05, 3.63) is 35.4 Å². The number of carbonyl (C=O) groups is 2. The first kappa shape index (κ1) is 17.9. The fourth-order valence-electron chi connectivity index (χ4n) is 3.70. The largest absolute Gasteiger partial charge is 0.375 e. The molecule has 2 atom stereocenters. The van der Waals surface area contributed by atoms with Crippen molar-refractivity contribution < 1.29 is 14.3 Å². The molecule has 0 bridgehead atoms. The van der Waals surface area contributed by atoms with Crippen LogP contribution in [-0.2, 0) is 27.3 Å². The van der Waals surface area contributed by atoms with Gasteiger partial charge in [0, 0.05) is 32.5 Å². The van der Waals surface area contributed by atoms with Crippen molar-refractivity contribution in [3.8, 4) is 0 Å². The average Bonchev–Trinajstić information content (AvgIpc) is 2.59. The van der Waals surface area contributed by atoms with Crippen LogP contribution in [0.5, 0.6) is 0 Å². The van der Waals surface area contributed by atoms with Gasteiger partial charge in [-0.25, -0.2) is 0 Å². The average molecular weight is 344 g/mol. The van der Waals surface area contributed by atoms with Crippen LogP contribution < -0.4 is 0 Å². The Morgan fingerprint density at radius 3 is 2.64 bits per heavy atom. The van der Waals surface area contributed by atoms with Crippen molar-refractivity contribution in [1.29, 1.82) is 0 Å². The third-order valence-corrected chi connectivity index (χ3v) is 4.99. The summed E-state index contributed by atoms with van der Waals surface area (Å²) in [6, 6.07) is 7.73. The molecule has 25 heavy (non-hydrogen) atoms. The Bertz CT molecular complexity index is 644. The van der Waals surface area contributed by atoms with Gasteiger partial charge in [-0.3, -0.25) is 9.59 Å². The van der Waals surface area contributed by atoms with Gasteiger partial charge in [0.05, 0.1) is 12.7 Å². The van der Waals surface area contributed by atoms with Crippen molar-refractivity contribution in [2.45, 2.75) is 52.3 Å². The van der Waals surface area contributed by atoms with E-state index >= 15 is 0 Å². The molecule has 1 aromatic rings. The molecule has 2 aliphatic rings. The minimum atomic E-state index is -0.397. The zero-order valence-corrected chi connectivity index (χ0v) is 15.4. The lowest BCUT2D eigenvalue weighted by atomic mass is 9.92. The third kappa shape index (κ3) is 4.03. The Morgan fingerprint density at radius 2 is 1.96 bits per heavy atom. The molecule has 0 N–H and O–H groups in total.